The van der Waals surface area contributed by atoms with E-state index in [9.17, 15) is 4.79 Å². The molecule has 1 saturated heterocycles. The molecule has 1 aliphatic rings. The van der Waals surface area contributed by atoms with Gasteiger partial charge in [-0.3, -0.25) is 10.1 Å². The highest BCUT2D eigenvalue weighted by Crippen LogP contribution is 2.14. The van der Waals surface area contributed by atoms with Gasteiger partial charge in [0.25, 0.3) is 0 Å². The van der Waals surface area contributed by atoms with Crippen molar-refractivity contribution >= 4 is 11.6 Å². The van der Waals surface area contributed by atoms with Gasteiger partial charge < -0.3 is 10.2 Å². The molecule has 1 atom stereocenters. The van der Waals surface area contributed by atoms with Crippen molar-refractivity contribution in [1.29, 1.82) is 0 Å². The molecule has 2 N–H and O–H groups in total. The zero-order valence-corrected chi connectivity index (χ0v) is 9.44. The molecule has 1 amide bonds. The summed E-state index contributed by atoms with van der Waals surface area (Å²) >= 11 is 0. The molecule has 16 heavy (non-hydrogen) atoms. The molecule has 0 spiro atoms. The summed E-state index contributed by atoms with van der Waals surface area (Å²) in [6.07, 6.45) is 0.0476. The number of para-hydroxylation sites is 1. The van der Waals surface area contributed by atoms with Crippen molar-refractivity contribution in [3.8, 4) is 0 Å². The second-order valence-corrected chi connectivity index (χ2v) is 3.99. The fraction of sp³-hybridized carbons (Fsp3) is 0.417. The Balaban J connectivity index is 1.99. The van der Waals surface area contributed by atoms with E-state index in [4.69, 9.17) is 0 Å². The van der Waals surface area contributed by atoms with Crippen molar-refractivity contribution in [2.75, 3.05) is 24.5 Å². The Morgan fingerprint density at radius 3 is 2.88 bits per heavy atom. The zero-order valence-electron chi connectivity index (χ0n) is 9.44. The minimum Gasteiger partial charge on any atom is -0.367 e. The summed E-state index contributed by atoms with van der Waals surface area (Å²) in [6.45, 7) is 4.21. The van der Waals surface area contributed by atoms with E-state index in [0.717, 1.165) is 19.6 Å². The number of nitrogens with one attached hydrogen (secondary N) is 2. The number of hydrogen-bond acceptors (Lipinski definition) is 3. The van der Waals surface area contributed by atoms with Crippen LogP contribution in [0.5, 0.6) is 0 Å². The molecule has 0 aromatic heterocycles. The molecule has 1 heterocycles. The largest absolute Gasteiger partial charge is 0.367 e. The van der Waals surface area contributed by atoms with Gasteiger partial charge in [0.1, 0.15) is 0 Å². The van der Waals surface area contributed by atoms with Crippen LogP contribution in [-0.4, -0.2) is 31.7 Å². The van der Waals surface area contributed by atoms with Gasteiger partial charge in [-0.15, -0.1) is 0 Å². The smallest absolute Gasteiger partial charge is 0.218 e. The van der Waals surface area contributed by atoms with Crippen LogP contribution in [0.1, 0.15) is 6.92 Å². The Hall–Kier alpha value is -1.55. The van der Waals surface area contributed by atoms with Gasteiger partial charge in [0.2, 0.25) is 5.91 Å². The zero-order chi connectivity index (χ0) is 11.4. The van der Waals surface area contributed by atoms with Crippen LogP contribution in [0.25, 0.3) is 0 Å². The first kappa shape index (κ1) is 11.0. The van der Waals surface area contributed by atoms with Crippen LogP contribution < -0.4 is 15.5 Å². The number of carbonyl (C=O) groups excluding carboxylic acids is 1. The molecule has 0 saturated carbocycles. The third-order valence-corrected chi connectivity index (χ3v) is 2.67. The van der Waals surface area contributed by atoms with Crippen LogP contribution in [-0.2, 0) is 4.79 Å². The van der Waals surface area contributed by atoms with E-state index in [1.807, 2.05) is 18.2 Å². The lowest BCUT2D eigenvalue weighted by Gasteiger charge is -2.35. The summed E-state index contributed by atoms with van der Waals surface area (Å²) < 4.78 is 0. The Bertz CT molecular complexity index is 353. The lowest BCUT2D eigenvalue weighted by Crippen LogP contribution is -2.58. The van der Waals surface area contributed by atoms with Gasteiger partial charge in [-0.05, 0) is 12.1 Å². The van der Waals surface area contributed by atoms with E-state index in [2.05, 4.69) is 27.7 Å². The molecule has 0 bridgehead atoms. The minimum atomic E-state index is 0.00686. The molecule has 1 aliphatic heterocycles. The lowest BCUT2D eigenvalue weighted by molar-refractivity contribution is -0.119. The van der Waals surface area contributed by atoms with Crippen LogP contribution in [0, 0.1) is 0 Å². The molecule has 4 heteroatoms. The van der Waals surface area contributed by atoms with E-state index < -0.39 is 0 Å². The fourth-order valence-corrected chi connectivity index (χ4v) is 1.97. The Morgan fingerprint density at radius 2 is 2.19 bits per heavy atom. The van der Waals surface area contributed by atoms with Crippen molar-refractivity contribution in [2.45, 2.75) is 13.1 Å². The molecule has 1 unspecified atom stereocenters. The van der Waals surface area contributed by atoms with Gasteiger partial charge >= 0.3 is 0 Å². The number of amides is 1. The SMILES string of the molecule is CC(=O)NC1CN(c2ccccc2)CCN1. The van der Waals surface area contributed by atoms with Gasteiger partial charge in [0.05, 0.1) is 12.7 Å². The molecule has 4 nitrogen and oxygen atoms in total. The molecule has 1 fully saturated rings. The van der Waals surface area contributed by atoms with Crippen LogP contribution in [0.3, 0.4) is 0 Å². The van der Waals surface area contributed by atoms with Crippen LogP contribution in [0.2, 0.25) is 0 Å². The van der Waals surface area contributed by atoms with Gasteiger partial charge in [0, 0.05) is 25.7 Å². The highest BCUT2D eigenvalue weighted by Gasteiger charge is 2.19. The number of carbonyl (C=O) groups is 1. The predicted octanol–water partition coefficient (Wildman–Crippen LogP) is 0.558. The topological polar surface area (TPSA) is 44.4 Å². The number of piperazine rings is 1. The number of anilines is 1. The first-order valence-corrected chi connectivity index (χ1v) is 5.56. The fourth-order valence-electron chi connectivity index (χ4n) is 1.97. The second-order valence-electron chi connectivity index (χ2n) is 3.99. The normalized spacial score (nSPS) is 20.6. The van der Waals surface area contributed by atoms with Crippen molar-refractivity contribution in [2.24, 2.45) is 0 Å². The molecule has 86 valence electrons. The summed E-state index contributed by atoms with van der Waals surface area (Å²) in [6, 6.07) is 10.3. The van der Waals surface area contributed by atoms with Crippen LogP contribution in [0.15, 0.2) is 30.3 Å². The standard InChI is InChI=1S/C12H17N3O/c1-10(16)14-12-9-15(8-7-13-12)11-5-3-2-4-6-11/h2-6,12-13H,7-9H2,1H3,(H,14,16). The molecular formula is C12H17N3O. The summed E-state index contributed by atoms with van der Waals surface area (Å²) in [5.41, 5.74) is 1.21. The number of rotatable bonds is 2. The second kappa shape index (κ2) is 4.99. The van der Waals surface area contributed by atoms with Crippen LogP contribution in [0.4, 0.5) is 5.69 Å². The lowest BCUT2D eigenvalue weighted by atomic mass is 10.2. The van der Waals surface area contributed by atoms with Gasteiger partial charge in [-0.2, -0.15) is 0 Å². The highest BCUT2D eigenvalue weighted by molar-refractivity contribution is 5.73. The summed E-state index contributed by atoms with van der Waals surface area (Å²) in [7, 11) is 0. The van der Waals surface area contributed by atoms with E-state index in [0.29, 0.717) is 0 Å². The van der Waals surface area contributed by atoms with E-state index in [1.54, 1.807) is 6.92 Å². The van der Waals surface area contributed by atoms with E-state index in [-0.39, 0.29) is 12.1 Å². The van der Waals surface area contributed by atoms with Gasteiger partial charge in [0.15, 0.2) is 0 Å². The third kappa shape index (κ3) is 2.73. The number of hydrogen-bond donors (Lipinski definition) is 2. The third-order valence-electron chi connectivity index (χ3n) is 2.67. The highest BCUT2D eigenvalue weighted by atomic mass is 16.1. The Morgan fingerprint density at radius 1 is 1.44 bits per heavy atom. The van der Waals surface area contributed by atoms with Crippen LogP contribution >= 0.6 is 0 Å². The summed E-state index contributed by atoms with van der Waals surface area (Å²) in [5, 5.41) is 6.17. The maximum absolute atomic E-state index is 11.0. The average molecular weight is 219 g/mol. The molecule has 1 aromatic carbocycles. The molecule has 0 aliphatic carbocycles. The number of nitrogens with zero attached hydrogens (tertiary/aromatic N) is 1. The molecule has 2 rings (SSSR count). The van der Waals surface area contributed by atoms with Gasteiger partial charge in [-0.25, -0.2) is 0 Å². The van der Waals surface area contributed by atoms with E-state index in [1.165, 1.54) is 5.69 Å². The first-order chi connectivity index (χ1) is 7.75. The quantitative estimate of drug-likeness (QED) is 0.764. The van der Waals surface area contributed by atoms with Crippen molar-refractivity contribution in [3.63, 3.8) is 0 Å². The number of benzene rings is 1. The predicted molar refractivity (Wildman–Crippen MR) is 64.3 cm³/mol. The maximum Gasteiger partial charge on any atom is 0.218 e. The first-order valence-electron chi connectivity index (χ1n) is 5.56. The summed E-state index contributed by atoms with van der Waals surface area (Å²) in [5.74, 6) is 0.00686. The van der Waals surface area contributed by atoms with E-state index >= 15 is 0 Å². The molecular weight excluding hydrogens is 202 g/mol. The minimum absolute atomic E-state index is 0.00686. The maximum atomic E-state index is 11.0. The van der Waals surface area contributed by atoms with Crippen molar-refractivity contribution < 1.29 is 4.79 Å². The van der Waals surface area contributed by atoms with Crippen molar-refractivity contribution in [1.82, 2.24) is 10.6 Å². The Kier molecular flexibility index (Phi) is 3.41. The van der Waals surface area contributed by atoms with Gasteiger partial charge in [-0.1, -0.05) is 18.2 Å². The summed E-state index contributed by atoms with van der Waals surface area (Å²) in [4.78, 5) is 13.3. The molecule has 0 radical (unpaired) electrons. The average Bonchev–Trinajstić information content (AvgIpc) is 2.30. The monoisotopic (exact) mass is 219 g/mol. The molecule has 1 aromatic rings. The Labute approximate surface area is 95.6 Å². The van der Waals surface area contributed by atoms with Crippen molar-refractivity contribution in [3.05, 3.63) is 30.3 Å².